The Morgan fingerprint density at radius 3 is 3.04 bits per heavy atom. The van der Waals surface area contributed by atoms with Gasteiger partial charge in [0.25, 0.3) is 5.56 Å². The molecule has 138 valence electrons. The molecule has 4 rings (SSSR count). The molecule has 1 aliphatic carbocycles. The quantitative estimate of drug-likeness (QED) is 0.704. The van der Waals surface area contributed by atoms with Gasteiger partial charge in [-0.2, -0.15) is 0 Å². The van der Waals surface area contributed by atoms with Crippen LogP contribution in [0.25, 0.3) is 10.2 Å². The SMILES string of the molecule is CC[NH+](Cc1cccs1)[C@H](C)c1nc2sc3c(c2c(=O)[nH]1)CC[C@@H](C)C3. The molecule has 0 aliphatic heterocycles. The lowest BCUT2D eigenvalue weighted by atomic mass is 9.89. The van der Waals surface area contributed by atoms with E-state index < -0.39 is 0 Å². The van der Waals surface area contributed by atoms with E-state index in [1.807, 2.05) is 0 Å². The molecule has 0 amide bonds. The zero-order chi connectivity index (χ0) is 18.3. The number of H-pyrrole nitrogens is 1. The summed E-state index contributed by atoms with van der Waals surface area (Å²) < 4.78 is 0. The van der Waals surface area contributed by atoms with Crippen LogP contribution in [0, 0.1) is 5.92 Å². The molecule has 6 heteroatoms. The predicted octanol–water partition coefficient (Wildman–Crippen LogP) is 3.34. The van der Waals surface area contributed by atoms with Gasteiger partial charge in [-0.1, -0.05) is 13.0 Å². The minimum Gasteiger partial charge on any atom is -0.322 e. The van der Waals surface area contributed by atoms with Crippen molar-refractivity contribution in [3.8, 4) is 0 Å². The summed E-state index contributed by atoms with van der Waals surface area (Å²) in [6.45, 7) is 8.63. The third kappa shape index (κ3) is 3.26. The summed E-state index contributed by atoms with van der Waals surface area (Å²) in [7, 11) is 0. The summed E-state index contributed by atoms with van der Waals surface area (Å²) in [6, 6.07) is 4.44. The number of aryl methyl sites for hydroxylation is 1. The molecular formula is C20H26N3OS2+. The normalized spacial score (nSPS) is 19.4. The van der Waals surface area contributed by atoms with Gasteiger partial charge in [-0.05, 0) is 56.0 Å². The number of aromatic amines is 1. The average molecular weight is 389 g/mol. The highest BCUT2D eigenvalue weighted by Gasteiger charge is 2.26. The standard InChI is InChI=1S/C20H25N3OS2/c1-4-23(11-14-6-5-9-25-14)13(3)18-21-19(24)17-15-8-7-12(2)10-16(15)26-20(17)22-18/h5-6,9,12-13H,4,7-8,10-11H2,1-3H3,(H,21,22,24)/p+1/t12-,13-/m1/s1. The van der Waals surface area contributed by atoms with Crippen molar-refractivity contribution in [2.75, 3.05) is 6.54 Å². The average Bonchev–Trinajstić information content (AvgIpc) is 3.25. The van der Waals surface area contributed by atoms with Crippen LogP contribution < -0.4 is 10.5 Å². The van der Waals surface area contributed by atoms with Gasteiger partial charge in [-0.3, -0.25) is 4.79 Å². The van der Waals surface area contributed by atoms with Crippen LogP contribution >= 0.6 is 22.7 Å². The summed E-state index contributed by atoms with van der Waals surface area (Å²) in [4.78, 5) is 26.0. The van der Waals surface area contributed by atoms with E-state index in [1.54, 1.807) is 22.7 Å². The topological polar surface area (TPSA) is 50.2 Å². The molecule has 3 aromatic heterocycles. The number of nitrogens with one attached hydrogen (secondary N) is 2. The summed E-state index contributed by atoms with van der Waals surface area (Å²) in [6.07, 6.45) is 3.28. The highest BCUT2D eigenvalue weighted by Crippen LogP contribution is 2.35. The maximum Gasteiger partial charge on any atom is 0.260 e. The van der Waals surface area contributed by atoms with E-state index in [-0.39, 0.29) is 11.6 Å². The van der Waals surface area contributed by atoms with Gasteiger partial charge < -0.3 is 9.88 Å². The van der Waals surface area contributed by atoms with Crippen molar-refractivity contribution in [1.29, 1.82) is 0 Å². The Morgan fingerprint density at radius 1 is 1.46 bits per heavy atom. The lowest BCUT2D eigenvalue weighted by molar-refractivity contribution is -0.941. The van der Waals surface area contributed by atoms with Gasteiger partial charge in [-0.15, -0.1) is 22.7 Å². The summed E-state index contributed by atoms with van der Waals surface area (Å²) >= 11 is 3.53. The van der Waals surface area contributed by atoms with Crippen molar-refractivity contribution in [3.63, 3.8) is 0 Å². The fraction of sp³-hybridized carbons (Fsp3) is 0.500. The predicted molar refractivity (Wildman–Crippen MR) is 109 cm³/mol. The van der Waals surface area contributed by atoms with Gasteiger partial charge in [0.2, 0.25) is 0 Å². The van der Waals surface area contributed by atoms with Gasteiger partial charge in [-0.25, -0.2) is 4.98 Å². The summed E-state index contributed by atoms with van der Waals surface area (Å²) in [5, 5.41) is 2.97. The Labute approximate surface area is 161 Å². The number of thiophene rings is 2. The highest BCUT2D eigenvalue weighted by molar-refractivity contribution is 7.18. The van der Waals surface area contributed by atoms with Crippen LogP contribution in [0.3, 0.4) is 0 Å². The molecule has 3 atom stereocenters. The molecule has 26 heavy (non-hydrogen) atoms. The molecule has 0 aromatic carbocycles. The van der Waals surface area contributed by atoms with E-state index in [9.17, 15) is 4.79 Å². The van der Waals surface area contributed by atoms with E-state index in [2.05, 4.69) is 43.3 Å². The first-order chi connectivity index (χ1) is 12.6. The minimum atomic E-state index is 0.0514. The van der Waals surface area contributed by atoms with Crippen molar-refractivity contribution in [2.45, 2.75) is 52.6 Å². The number of fused-ring (bicyclic) bond motifs is 3. The number of hydrogen-bond acceptors (Lipinski definition) is 4. The van der Waals surface area contributed by atoms with E-state index in [1.165, 1.54) is 26.6 Å². The lowest BCUT2D eigenvalue weighted by Crippen LogP contribution is -3.10. The van der Waals surface area contributed by atoms with Crippen molar-refractivity contribution in [3.05, 3.63) is 49.0 Å². The molecule has 0 radical (unpaired) electrons. The number of aromatic nitrogens is 2. The molecule has 1 unspecified atom stereocenters. The van der Waals surface area contributed by atoms with Gasteiger partial charge in [0.15, 0.2) is 5.82 Å². The molecule has 0 bridgehead atoms. The zero-order valence-corrected chi connectivity index (χ0v) is 17.2. The van der Waals surface area contributed by atoms with Crippen molar-refractivity contribution in [1.82, 2.24) is 9.97 Å². The van der Waals surface area contributed by atoms with E-state index in [0.29, 0.717) is 5.92 Å². The van der Waals surface area contributed by atoms with Crippen molar-refractivity contribution >= 4 is 32.9 Å². The molecule has 4 nitrogen and oxygen atoms in total. The summed E-state index contributed by atoms with van der Waals surface area (Å²) in [5.41, 5.74) is 1.31. The van der Waals surface area contributed by atoms with E-state index >= 15 is 0 Å². The Hall–Kier alpha value is -1.50. The van der Waals surface area contributed by atoms with Crippen LogP contribution in [0.15, 0.2) is 22.3 Å². The largest absolute Gasteiger partial charge is 0.322 e. The van der Waals surface area contributed by atoms with E-state index in [4.69, 9.17) is 4.98 Å². The van der Waals surface area contributed by atoms with E-state index in [0.717, 1.165) is 42.0 Å². The second-order valence-corrected chi connectivity index (χ2v) is 9.59. The fourth-order valence-electron chi connectivity index (χ4n) is 3.99. The maximum atomic E-state index is 12.9. The second kappa shape index (κ2) is 7.25. The molecule has 0 saturated carbocycles. The van der Waals surface area contributed by atoms with Crippen molar-refractivity contribution < 1.29 is 4.90 Å². The highest BCUT2D eigenvalue weighted by atomic mass is 32.1. The van der Waals surface area contributed by atoms with Crippen LogP contribution in [0.5, 0.6) is 0 Å². The van der Waals surface area contributed by atoms with Crippen LogP contribution in [-0.2, 0) is 19.4 Å². The monoisotopic (exact) mass is 388 g/mol. The smallest absolute Gasteiger partial charge is 0.260 e. The Balaban J connectivity index is 1.69. The first kappa shape index (κ1) is 17.9. The molecule has 0 spiro atoms. The molecule has 2 N–H and O–H groups in total. The molecule has 3 heterocycles. The van der Waals surface area contributed by atoms with Crippen LogP contribution in [0.4, 0.5) is 0 Å². The van der Waals surface area contributed by atoms with Gasteiger partial charge in [0.1, 0.15) is 17.4 Å². The van der Waals surface area contributed by atoms with Crippen molar-refractivity contribution in [2.24, 2.45) is 5.92 Å². The molecule has 0 saturated heterocycles. The maximum absolute atomic E-state index is 12.9. The third-order valence-electron chi connectivity index (χ3n) is 5.64. The first-order valence-corrected chi connectivity index (χ1v) is 11.2. The lowest BCUT2D eigenvalue weighted by Gasteiger charge is -2.23. The second-order valence-electron chi connectivity index (χ2n) is 7.47. The number of rotatable bonds is 5. The Morgan fingerprint density at radius 2 is 2.31 bits per heavy atom. The van der Waals surface area contributed by atoms with Gasteiger partial charge >= 0.3 is 0 Å². The fourth-order valence-corrected chi connectivity index (χ4v) is 6.13. The zero-order valence-electron chi connectivity index (χ0n) is 15.6. The molecule has 3 aromatic rings. The third-order valence-corrected chi connectivity index (χ3v) is 7.67. The molecular weight excluding hydrogens is 362 g/mol. The van der Waals surface area contributed by atoms with Gasteiger partial charge in [0.05, 0.1) is 16.8 Å². The Kier molecular flexibility index (Phi) is 4.99. The Bertz CT molecular complexity index is 958. The van der Waals surface area contributed by atoms with Crippen LogP contribution in [0.1, 0.15) is 54.4 Å². The molecule has 0 fully saturated rings. The summed E-state index contributed by atoms with van der Waals surface area (Å²) in [5.74, 6) is 1.53. The first-order valence-electron chi connectivity index (χ1n) is 9.48. The van der Waals surface area contributed by atoms with Gasteiger partial charge in [0, 0.05) is 4.88 Å². The number of nitrogens with zero attached hydrogens (tertiary/aromatic N) is 1. The number of quaternary nitrogens is 1. The number of hydrogen-bond donors (Lipinski definition) is 2. The molecule has 1 aliphatic rings. The minimum absolute atomic E-state index is 0.0514. The van der Waals surface area contributed by atoms with Crippen LogP contribution in [-0.4, -0.2) is 16.5 Å². The van der Waals surface area contributed by atoms with Crippen LogP contribution in [0.2, 0.25) is 0 Å².